The van der Waals surface area contributed by atoms with Gasteiger partial charge in [-0.25, -0.2) is 10.2 Å². The number of aromatic nitrogens is 4. The van der Waals surface area contributed by atoms with E-state index in [4.69, 9.17) is 0 Å². The molecule has 1 aliphatic heterocycles. The number of nitrogens with zero attached hydrogens (tertiary/aromatic N) is 5. The van der Waals surface area contributed by atoms with E-state index in [0.717, 1.165) is 22.4 Å². The van der Waals surface area contributed by atoms with Gasteiger partial charge in [0, 0.05) is 7.05 Å². The number of anilines is 1. The molecular formula is C18H20N6O2. The molecule has 0 unspecified atom stereocenters. The van der Waals surface area contributed by atoms with Crippen molar-refractivity contribution in [2.45, 2.75) is 33.9 Å². The third kappa shape index (κ3) is 2.37. The van der Waals surface area contributed by atoms with E-state index in [2.05, 4.69) is 15.5 Å². The minimum atomic E-state index is -0.378. The molecule has 0 aliphatic carbocycles. The first-order valence-corrected chi connectivity index (χ1v) is 8.42. The van der Waals surface area contributed by atoms with Crippen LogP contribution in [0, 0.1) is 13.8 Å². The highest BCUT2D eigenvalue weighted by molar-refractivity contribution is 5.87. The molecule has 0 saturated heterocycles. The summed E-state index contributed by atoms with van der Waals surface area (Å²) in [6, 6.07) is 6.03. The van der Waals surface area contributed by atoms with E-state index in [1.165, 1.54) is 9.13 Å². The molecule has 0 spiro atoms. The number of hydrogen-bond acceptors (Lipinski definition) is 5. The zero-order chi connectivity index (χ0) is 18.6. The lowest BCUT2D eigenvalue weighted by atomic mass is 10.1. The molecule has 2 aromatic heterocycles. The largest absolute Gasteiger partial charge is 0.332 e. The normalized spacial score (nSPS) is 13.5. The van der Waals surface area contributed by atoms with Gasteiger partial charge in [-0.15, -0.1) is 0 Å². The third-order valence-electron chi connectivity index (χ3n) is 4.80. The van der Waals surface area contributed by atoms with Gasteiger partial charge in [0.2, 0.25) is 5.95 Å². The van der Waals surface area contributed by atoms with Crippen molar-refractivity contribution in [1.82, 2.24) is 18.7 Å². The SMILES string of the molecule is CC1=NNc2nc3c(c(=O)n(Cc4cc(C)ccc4C)c(=O)n3C)n2C1. The molecule has 0 atom stereocenters. The summed E-state index contributed by atoms with van der Waals surface area (Å²) in [5, 5.41) is 4.15. The van der Waals surface area contributed by atoms with Crippen molar-refractivity contribution in [3.8, 4) is 0 Å². The van der Waals surface area contributed by atoms with Crippen LogP contribution >= 0.6 is 0 Å². The molecule has 1 aliphatic rings. The van der Waals surface area contributed by atoms with Gasteiger partial charge in [0.1, 0.15) is 0 Å². The maximum atomic E-state index is 13.2. The number of rotatable bonds is 2. The molecule has 0 saturated carbocycles. The Kier molecular flexibility index (Phi) is 3.57. The molecule has 134 valence electrons. The summed E-state index contributed by atoms with van der Waals surface area (Å²) in [4.78, 5) is 30.4. The highest BCUT2D eigenvalue weighted by Gasteiger charge is 2.22. The summed E-state index contributed by atoms with van der Waals surface area (Å²) >= 11 is 0. The zero-order valence-corrected chi connectivity index (χ0v) is 15.2. The molecule has 3 heterocycles. The summed E-state index contributed by atoms with van der Waals surface area (Å²) in [5.74, 6) is 0.474. The van der Waals surface area contributed by atoms with Gasteiger partial charge in [0.05, 0.1) is 18.8 Å². The Bertz CT molecular complexity index is 1200. The molecular weight excluding hydrogens is 332 g/mol. The number of aryl methyl sites for hydroxylation is 3. The summed E-state index contributed by atoms with van der Waals surface area (Å²) < 4.78 is 4.48. The predicted molar refractivity (Wildman–Crippen MR) is 101 cm³/mol. The van der Waals surface area contributed by atoms with Crippen LogP contribution in [-0.2, 0) is 20.1 Å². The van der Waals surface area contributed by atoms with E-state index in [1.54, 1.807) is 11.6 Å². The molecule has 0 radical (unpaired) electrons. The number of nitrogens with one attached hydrogen (secondary N) is 1. The van der Waals surface area contributed by atoms with Crippen molar-refractivity contribution < 1.29 is 0 Å². The van der Waals surface area contributed by atoms with E-state index in [1.807, 2.05) is 39.0 Å². The Labute approximate surface area is 149 Å². The van der Waals surface area contributed by atoms with Crippen molar-refractivity contribution >= 4 is 22.8 Å². The van der Waals surface area contributed by atoms with Gasteiger partial charge in [-0.2, -0.15) is 10.1 Å². The number of hydrogen-bond donors (Lipinski definition) is 1. The molecule has 8 heteroatoms. The van der Waals surface area contributed by atoms with Crippen LogP contribution in [0.2, 0.25) is 0 Å². The Hall–Kier alpha value is -3.16. The fourth-order valence-electron chi connectivity index (χ4n) is 3.30. The van der Waals surface area contributed by atoms with Crippen LogP contribution in [0.25, 0.3) is 11.2 Å². The quantitative estimate of drug-likeness (QED) is 0.755. The topological polar surface area (TPSA) is 86.2 Å². The predicted octanol–water partition coefficient (Wildman–Crippen LogP) is 1.36. The molecule has 3 aromatic rings. The second-order valence-corrected chi connectivity index (χ2v) is 6.82. The zero-order valence-electron chi connectivity index (χ0n) is 15.2. The van der Waals surface area contributed by atoms with Gasteiger partial charge >= 0.3 is 5.69 Å². The molecule has 1 aromatic carbocycles. The van der Waals surface area contributed by atoms with Gasteiger partial charge in [-0.1, -0.05) is 23.8 Å². The highest BCUT2D eigenvalue weighted by atomic mass is 16.2. The van der Waals surface area contributed by atoms with E-state index >= 15 is 0 Å². The van der Waals surface area contributed by atoms with Crippen LogP contribution in [0.3, 0.4) is 0 Å². The first-order chi connectivity index (χ1) is 12.4. The lowest BCUT2D eigenvalue weighted by Gasteiger charge is -2.14. The maximum absolute atomic E-state index is 13.2. The van der Waals surface area contributed by atoms with Gasteiger partial charge in [-0.3, -0.25) is 18.5 Å². The molecule has 8 nitrogen and oxygen atoms in total. The summed E-state index contributed by atoms with van der Waals surface area (Å²) in [5.41, 5.74) is 6.84. The van der Waals surface area contributed by atoms with E-state index in [-0.39, 0.29) is 17.8 Å². The summed E-state index contributed by atoms with van der Waals surface area (Å²) in [7, 11) is 1.64. The minimum Gasteiger partial charge on any atom is -0.297 e. The smallest absolute Gasteiger partial charge is 0.297 e. The molecule has 0 amide bonds. The Morgan fingerprint density at radius 1 is 1.19 bits per heavy atom. The number of imidazole rings is 1. The van der Waals surface area contributed by atoms with Crippen LogP contribution in [-0.4, -0.2) is 24.4 Å². The van der Waals surface area contributed by atoms with Gasteiger partial charge in [0.15, 0.2) is 11.2 Å². The Balaban J connectivity index is 1.97. The van der Waals surface area contributed by atoms with Crippen molar-refractivity contribution in [1.29, 1.82) is 0 Å². The number of fused-ring (bicyclic) bond motifs is 3. The van der Waals surface area contributed by atoms with Crippen LogP contribution in [0.4, 0.5) is 5.95 Å². The lowest BCUT2D eigenvalue weighted by molar-refractivity contribution is 0.652. The van der Waals surface area contributed by atoms with Gasteiger partial charge < -0.3 is 0 Å². The molecule has 0 bridgehead atoms. The second kappa shape index (κ2) is 5.69. The molecule has 0 fully saturated rings. The fraction of sp³-hybridized carbons (Fsp3) is 0.333. The third-order valence-corrected chi connectivity index (χ3v) is 4.80. The monoisotopic (exact) mass is 352 g/mol. The molecule has 26 heavy (non-hydrogen) atoms. The average molecular weight is 352 g/mol. The first-order valence-electron chi connectivity index (χ1n) is 8.42. The van der Waals surface area contributed by atoms with E-state index in [0.29, 0.717) is 23.7 Å². The number of hydrazone groups is 1. The van der Waals surface area contributed by atoms with Gasteiger partial charge in [-0.05, 0) is 31.9 Å². The van der Waals surface area contributed by atoms with Crippen LogP contribution in [0.15, 0.2) is 32.9 Å². The van der Waals surface area contributed by atoms with Crippen molar-refractivity contribution in [3.05, 3.63) is 55.7 Å². The maximum Gasteiger partial charge on any atom is 0.332 e. The van der Waals surface area contributed by atoms with Gasteiger partial charge in [0.25, 0.3) is 5.56 Å². The Morgan fingerprint density at radius 3 is 2.73 bits per heavy atom. The molecule has 1 N–H and O–H groups in total. The average Bonchev–Trinajstić information content (AvgIpc) is 2.98. The first kappa shape index (κ1) is 16.3. The lowest BCUT2D eigenvalue weighted by Crippen LogP contribution is -2.40. The summed E-state index contributed by atoms with van der Waals surface area (Å²) in [6.07, 6.45) is 0. The van der Waals surface area contributed by atoms with Crippen molar-refractivity contribution in [3.63, 3.8) is 0 Å². The second-order valence-electron chi connectivity index (χ2n) is 6.82. The van der Waals surface area contributed by atoms with Crippen molar-refractivity contribution in [2.75, 3.05) is 5.43 Å². The Morgan fingerprint density at radius 2 is 1.96 bits per heavy atom. The fourth-order valence-corrected chi connectivity index (χ4v) is 3.30. The van der Waals surface area contributed by atoms with Crippen molar-refractivity contribution in [2.24, 2.45) is 12.1 Å². The highest BCUT2D eigenvalue weighted by Crippen LogP contribution is 2.19. The van der Waals surface area contributed by atoms with Crippen LogP contribution < -0.4 is 16.7 Å². The number of benzene rings is 1. The summed E-state index contributed by atoms with van der Waals surface area (Å²) in [6.45, 7) is 6.55. The standard InChI is InChI=1S/C18H20N6O2/c1-10-5-6-11(2)13(7-10)9-24-16(25)14-15(22(4)18(24)26)19-17-21-20-12(3)8-23(14)17/h5-7H,8-9H2,1-4H3,(H,19,21). The molecule has 4 rings (SSSR count). The van der Waals surface area contributed by atoms with E-state index < -0.39 is 0 Å². The minimum absolute atomic E-state index is 0.232. The van der Waals surface area contributed by atoms with E-state index in [9.17, 15) is 9.59 Å². The van der Waals surface area contributed by atoms with Crippen LogP contribution in [0.5, 0.6) is 0 Å². The van der Waals surface area contributed by atoms with Crippen LogP contribution in [0.1, 0.15) is 23.6 Å².